The summed E-state index contributed by atoms with van der Waals surface area (Å²) in [5.41, 5.74) is 7.07. The van der Waals surface area contributed by atoms with Crippen LogP contribution in [-0.4, -0.2) is 42.6 Å². The molecule has 5 heteroatoms. The van der Waals surface area contributed by atoms with Crippen LogP contribution >= 0.6 is 11.3 Å². The van der Waals surface area contributed by atoms with Gasteiger partial charge in [-0.1, -0.05) is 27.2 Å². The van der Waals surface area contributed by atoms with Crippen molar-refractivity contribution in [3.8, 4) is 0 Å². The molecule has 0 aliphatic heterocycles. The van der Waals surface area contributed by atoms with Gasteiger partial charge in [0.05, 0.1) is 5.69 Å². The van der Waals surface area contributed by atoms with Gasteiger partial charge < -0.3 is 15.5 Å². The SMILES string of the molecule is CCCc1nc(N(CC)CCCN(CC)CC)sc1CN. The van der Waals surface area contributed by atoms with Crippen LogP contribution in [0.2, 0.25) is 0 Å². The first-order valence-electron chi connectivity index (χ1n) is 8.35. The van der Waals surface area contributed by atoms with E-state index in [0.29, 0.717) is 6.54 Å². The molecular formula is C16H32N4S. The van der Waals surface area contributed by atoms with E-state index >= 15 is 0 Å². The second-order valence-corrected chi connectivity index (χ2v) is 6.34. The number of thiazole rings is 1. The third-order valence-corrected chi connectivity index (χ3v) is 5.07. The number of nitrogens with two attached hydrogens (primary N) is 1. The van der Waals surface area contributed by atoms with Gasteiger partial charge in [-0.15, -0.1) is 11.3 Å². The number of rotatable bonds is 11. The lowest BCUT2D eigenvalue weighted by Gasteiger charge is -2.23. The lowest BCUT2D eigenvalue weighted by Crippen LogP contribution is -2.29. The molecule has 21 heavy (non-hydrogen) atoms. The lowest BCUT2D eigenvalue weighted by molar-refractivity contribution is 0.300. The average Bonchev–Trinajstić information content (AvgIpc) is 2.91. The Bertz CT molecular complexity index is 388. The van der Waals surface area contributed by atoms with Crippen LogP contribution in [0.5, 0.6) is 0 Å². The van der Waals surface area contributed by atoms with E-state index in [-0.39, 0.29) is 0 Å². The minimum atomic E-state index is 0.615. The van der Waals surface area contributed by atoms with Crippen molar-refractivity contribution in [3.63, 3.8) is 0 Å². The Balaban J connectivity index is 2.62. The summed E-state index contributed by atoms with van der Waals surface area (Å²) in [5.74, 6) is 0. The van der Waals surface area contributed by atoms with Crippen LogP contribution in [0.1, 0.15) is 51.1 Å². The zero-order chi connectivity index (χ0) is 15.7. The van der Waals surface area contributed by atoms with Crippen molar-refractivity contribution in [2.75, 3.05) is 37.6 Å². The summed E-state index contributed by atoms with van der Waals surface area (Å²) in [4.78, 5) is 11.0. The van der Waals surface area contributed by atoms with E-state index in [9.17, 15) is 0 Å². The van der Waals surface area contributed by atoms with Crippen molar-refractivity contribution in [1.29, 1.82) is 0 Å². The quantitative estimate of drug-likeness (QED) is 0.682. The molecule has 1 aromatic heterocycles. The van der Waals surface area contributed by atoms with Crippen LogP contribution in [0.4, 0.5) is 5.13 Å². The highest BCUT2D eigenvalue weighted by molar-refractivity contribution is 7.15. The van der Waals surface area contributed by atoms with Gasteiger partial charge >= 0.3 is 0 Å². The Morgan fingerprint density at radius 2 is 1.76 bits per heavy atom. The molecule has 0 aliphatic rings. The molecule has 122 valence electrons. The molecule has 0 spiro atoms. The molecule has 0 bridgehead atoms. The molecule has 0 aliphatic carbocycles. The lowest BCUT2D eigenvalue weighted by atomic mass is 10.2. The fourth-order valence-corrected chi connectivity index (χ4v) is 3.59. The third-order valence-electron chi connectivity index (χ3n) is 3.89. The van der Waals surface area contributed by atoms with Gasteiger partial charge in [0, 0.05) is 24.5 Å². The van der Waals surface area contributed by atoms with Crippen LogP contribution < -0.4 is 10.6 Å². The van der Waals surface area contributed by atoms with E-state index in [4.69, 9.17) is 10.7 Å². The predicted molar refractivity (Wildman–Crippen MR) is 94.3 cm³/mol. The Hall–Kier alpha value is -0.650. The molecule has 0 saturated carbocycles. The van der Waals surface area contributed by atoms with E-state index in [1.807, 2.05) is 0 Å². The van der Waals surface area contributed by atoms with E-state index in [2.05, 4.69) is 37.5 Å². The van der Waals surface area contributed by atoms with Crippen molar-refractivity contribution in [2.24, 2.45) is 5.73 Å². The molecule has 0 radical (unpaired) electrons. The minimum Gasteiger partial charge on any atom is -0.348 e. The van der Waals surface area contributed by atoms with E-state index < -0.39 is 0 Å². The van der Waals surface area contributed by atoms with Gasteiger partial charge in [0.25, 0.3) is 0 Å². The largest absolute Gasteiger partial charge is 0.348 e. The monoisotopic (exact) mass is 312 g/mol. The number of anilines is 1. The highest BCUT2D eigenvalue weighted by atomic mass is 32.1. The van der Waals surface area contributed by atoms with Gasteiger partial charge in [0.1, 0.15) is 0 Å². The normalized spacial score (nSPS) is 11.3. The fourth-order valence-electron chi connectivity index (χ4n) is 2.51. The number of aromatic nitrogens is 1. The molecule has 1 heterocycles. The molecule has 0 unspecified atom stereocenters. The summed E-state index contributed by atoms with van der Waals surface area (Å²) in [6, 6.07) is 0. The van der Waals surface area contributed by atoms with Gasteiger partial charge in [-0.25, -0.2) is 4.98 Å². The summed E-state index contributed by atoms with van der Waals surface area (Å²) in [6.45, 7) is 15.0. The molecule has 2 N–H and O–H groups in total. The maximum Gasteiger partial charge on any atom is 0.185 e. The fraction of sp³-hybridized carbons (Fsp3) is 0.812. The summed E-state index contributed by atoms with van der Waals surface area (Å²) in [7, 11) is 0. The van der Waals surface area contributed by atoms with Crippen molar-refractivity contribution >= 4 is 16.5 Å². The molecule has 0 aromatic carbocycles. The van der Waals surface area contributed by atoms with Crippen LogP contribution in [0.3, 0.4) is 0 Å². The third kappa shape index (κ3) is 5.57. The topological polar surface area (TPSA) is 45.4 Å². The van der Waals surface area contributed by atoms with Gasteiger partial charge in [0.2, 0.25) is 0 Å². The number of hydrogen-bond donors (Lipinski definition) is 1. The van der Waals surface area contributed by atoms with Crippen molar-refractivity contribution in [1.82, 2.24) is 9.88 Å². The highest BCUT2D eigenvalue weighted by Gasteiger charge is 2.14. The Labute approximate surface area is 134 Å². The predicted octanol–water partition coefficient (Wildman–Crippen LogP) is 3.11. The van der Waals surface area contributed by atoms with Crippen molar-refractivity contribution in [3.05, 3.63) is 10.6 Å². The first-order valence-corrected chi connectivity index (χ1v) is 9.17. The maximum atomic E-state index is 5.86. The minimum absolute atomic E-state index is 0.615. The number of aryl methyl sites for hydroxylation is 1. The second kappa shape index (κ2) is 10.1. The molecular weight excluding hydrogens is 280 g/mol. The highest BCUT2D eigenvalue weighted by Crippen LogP contribution is 2.27. The van der Waals surface area contributed by atoms with Gasteiger partial charge in [-0.2, -0.15) is 0 Å². The maximum absolute atomic E-state index is 5.86. The Morgan fingerprint density at radius 1 is 1.05 bits per heavy atom. The summed E-state index contributed by atoms with van der Waals surface area (Å²) in [6.07, 6.45) is 3.36. The standard InChI is InChI=1S/C16H32N4S/c1-5-10-14-15(13-17)21-16(18-14)20(8-4)12-9-11-19(6-2)7-3/h5-13,17H2,1-4H3. The molecule has 1 aromatic rings. The molecule has 1 rings (SSSR count). The van der Waals surface area contributed by atoms with Gasteiger partial charge in [-0.3, -0.25) is 0 Å². The van der Waals surface area contributed by atoms with Crippen LogP contribution in [-0.2, 0) is 13.0 Å². The first kappa shape index (κ1) is 18.4. The van der Waals surface area contributed by atoms with Gasteiger partial charge in [0.15, 0.2) is 5.13 Å². The van der Waals surface area contributed by atoms with Crippen molar-refractivity contribution < 1.29 is 0 Å². The second-order valence-electron chi connectivity index (χ2n) is 5.28. The van der Waals surface area contributed by atoms with E-state index in [0.717, 1.165) is 44.2 Å². The van der Waals surface area contributed by atoms with Gasteiger partial charge in [-0.05, 0) is 39.4 Å². The zero-order valence-corrected chi connectivity index (χ0v) is 15.0. The Kier molecular flexibility index (Phi) is 8.88. The summed E-state index contributed by atoms with van der Waals surface area (Å²) < 4.78 is 0. The first-order chi connectivity index (χ1) is 10.2. The molecule has 0 fully saturated rings. The van der Waals surface area contributed by atoms with Crippen molar-refractivity contribution in [2.45, 2.75) is 53.5 Å². The van der Waals surface area contributed by atoms with Crippen LogP contribution in [0, 0.1) is 0 Å². The molecule has 0 amide bonds. The molecule has 0 atom stereocenters. The molecule has 0 saturated heterocycles. The summed E-state index contributed by atoms with van der Waals surface area (Å²) in [5, 5.41) is 1.15. The van der Waals surface area contributed by atoms with Crippen LogP contribution in [0.15, 0.2) is 0 Å². The van der Waals surface area contributed by atoms with Crippen LogP contribution in [0.25, 0.3) is 0 Å². The number of hydrogen-bond acceptors (Lipinski definition) is 5. The average molecular weight is 313 g/mol. The van der Waals surface area contributed by atoms with E-state index in [1.165, 1.54) is 23.5 Å². The van der Waals surface area contributed by atoms with E-state index in [1.54, 1.807) is 11.3 Å². The molecule has 4 nitrogen and oxygen atoms in total. The smallest absolute Gasteiger partial charge is 0.185 e. The Morgan fingerprint density at radius 3 is 2.29 bits per heavy atom. The zero-order valence-electron chi connectivity index (χ0n) is 14.2. The summed E-state index contributed by atoms with van der Waals surface area (Å²) >= 11 is 1.78. The number of nitrogens with zero attached hydrogens (tertiary/aromatic N) is 3.